The number of carbonyl (C=O) groups is 2. The van der Waals surface area contributed by atoms with Crippen molar-refractivity contribution in [2.24, 2.45) is 0 Å². The molecular weight excluding hydrogens is 385 g/mol. The molecule has 0 heterocycles. The molecule has 2 rings (SSSR count). The molecule has 0 atom stereocenters. The summed E-state index contributed by atoms with van der Waals surface area (Å²) in [5, 5.41) is 11.3. The molecular formula is C16H13Cl2N3O5. The molecule has 0 aromatic heterocycles. The Hall–Kier alpha value is -2.84. The molecule has 2 aromatic rings. The third kappa shape index (κ3) is 5.08. The third-order valence-electron chi connectivity index (χ3n) is 3.22. The second-order valence-electron chi connectivity index (χ2n) is 5.13. The smallest absolute Gasteiger partial charge is 0.288 e. The molecule has 0 bridgehead atoms. The minimum atomic E-state index is -0.736. The van der Waals surface area contributed by atoms with E-state index < -0.39 is 22.4 Å². The maximum atomic E-state index is 11.9. The number of rotatable bonds is 5. The predicted molar refractivity (Wildman–Crippen MR) is 95.4 cm³/mol. The van der Waals surface area contributed by atoms with Crippen LogP contribution in [-0.4, -0.2) is 23.3 Å². The van der Waals surface area contributed by atoms with Gasteiger partial charge in [0.1, 0.15) is 10.8 Å². The Kier molecular flexibility index (Phi) is 6.37. The maximum Gasteiger partial charge on any atom is 0.288 e. The van der Waals surface area contributed by atoms with Crippen LogP contribution < -0.4 is 15.6 Å². The summed E-state index contributed by atoms with van der Waals surface area (Å²) in [6.45, 7) is 1.45. The van der Waals surface area contributed by atoms with E-state index in [9.17, 15) is 19.7 Å². The van der Waals surface area contributed by atoms with E-state index in [0.717, 1.165) is 11.6 Å². The SMILES string of the molecule is Cc1cc(OCC(=O)NNC(=O)c2ccc(Cl)c([N+](=O)[O-])c2)ccc1Cl. The molecule has 0 aliphatic carbocycles. The fraction of sp³-hybridized carbons (Fsp3) is 0.125. The summed E-state index contributed by atoms with van der Waals surface area (Å²) in [7, 11) is 0. The summed E-state index contributed by atoms with van der Waals surface area (Å²) in [6, 6.07) is 8.44. The average Bonchev–Trinajstić information content (AvgIpc) is 2.60. The number of amides is 2. The van der Waals surface area contributed by atoms with E-state index in [4.69, 9.17) is 27.9 Å². The Morgan fingerprint density at radius 2 is 1.81 bits per heavy atom. The van der Waals surface area contributed by atoms with Gasteiger partial charge in [-0.25, -0.2) is 0 Å². The number of benzene rings is 2. The highest BCUT2D eigenvalue weighted by Gasteiger charge is 2.16. The van der Waals surface area contributed by atoms with E-state index in [1.807, 2.05) is 0 Å². The van der Waals surface area contributed by atoms with E-state index in [-0.39, 0.29) is 17.2 Å². The van der Waals surface area contributed by atoms with E-state index in [1.54, 1.807) is 25.1 Å². The standard InChI is InChI=1S/C16H13Cl2N3O5/c1-9-6-11(3-5-12(9)17)26-8-15(22)19-20-16(23)10-2-4-13(18)14(7-10)21(24)25/h2-7H,8H2,1H3,(H,19,22)(H,20,23). The molecule has 2 amide bonds. The van der Waals surface area contributed by atoms with Crippen LogP contribution in [0.5, 0.6) is 5.75 Å². The largest absolute Gasteiger partial charge is 0.484 e. The summed E-state index contributed by atoms with van der Waals surface area (Å²) >= 11 is 11.6. The maximum absolute atomic E-state index is 11.9. The molecule has 2 aromatic carbocycles. The first-order chi connectivity index (χ1) is 12.3. The summed E-state index contributed by atoms with van der Waals surface area (Å²) < 4.78 is 5.28. The van der Waals surface area contributed by atoms with Gasteiger partial charge in [-0.3, -0.25) is 30.6 Å². The Labute approximate surface area is 158 Å². The molecule has 0 unspecified atom stereocenters. The Balaban J connectivity index is 1.88. The van der Waals surface area contributed by atoms with E-state index in [1.165, 1.54) is 12.1 Å². The summed E-state index contributed by atoms with van der Waals surface area (Å²) in [6.07, 6.45) is 0. The zero-order valence-electron chi connectivity index (χ0n) is 13.4. The molecule has 0 spiro atoms. The Bertz CT molecular complexity index is 873. The summed E-state index contributed by atoms with van der Waals surface area (Å²) in [5.74, 6) is -0.906. The van der Waals surface area contributed by atoms with Gasteiger partial charge >= 0.3 is 0 Å². The molecule has 0 fully saturated rings. The minimum Gasteiger partial charge on any atom is -0.484 e. The number of nitro groups is 1. The van der Waals surface area contributed by atoms with Gasteiger partial charge in [0.2, 0.25) is 0 Å². The first kappa shape index (κ1) is 19.5. The van der Waals surface area contributed by atoms with Gasteiger partial charge in [-0.15, -0.1) is 0 Å². The molecule has 0 radical (unpaired) electrons. The highest BCUT2D eigenvalue weighted by molar-refractivity contribution is 6.32. The van der Waals surface area contributed by atoms with Crippen LogP contribution in [0, 0.1) is 17.0 Å². The lowest BCUT2D eigenvalue weighted by molar-refractivity contribution is -0.384. The van der Waals surface area contributed by atoms with Crippen LogP contribution in [-0.2, 0) is 4.79 Å². The van der Waals surface area contributed by atoms with Crippen molar-refractivity contribution >= 4 is 40.7 Å². The number of halogens is 2. The Morgan fingerprint density at radius 1 is 1.12 bits per heavy atom. The van der Waals surface area contributed by atoms with Crippen molar-refractivity contribution < 1.29 is 19.2 Å². The number of aryl methyl sites for hydroxylation is 1. The summed E-state index contributed by atoms with van der Waals surface area (Å²) in [5.41, 5.74) is 4.64. The van der Waals surface area contributed by atoms with Crippen LogP contribution >= 0.6 is 23.2 Å². The molecule has 0 saturated heterocycles. The van der Waals surface area contributed by atoms with Crippen LogP contribution in [0.2, 0.25) is 10.0 Å². The first-order valence-electron chi connectivity index (χ1n) is 7.20. The zero-order valence-corrected chi connectivity index (χ0v) is 14.9. The van der Waals surface area contributed by atoms with Crippen molar-refractivity contribution in [1.82, 2.24) is 10.9 Å². The van der Waals surface area contributed by atoms with Gasteiger partial charge < -0.3 is 4.74 Å². The average molecular weight is 398 g/mol. The van der Waals surface area contributed by atoms with Crippen molar-refractivity contribution in [1.29, 1.82) is 0 Å². The van der Waals surface area contributed by atoms with Crippen LogP contribution in [0.3, 0.4) is 0 Å². The lowest BCUT2D eigenvalue weighted by Gasteiger charge is -2.09. The highest BCUT2D eigenvalue weighted by atomic mass is 35.5. The van der Waals surface area contributed by atoms with Crippen LogP contribution in [0.1, 0.15) is 15.9 Å². The lowest BCUT2D eigenvalue weighted by Crippen LogP contribution is -2.43. The monoisotopic (exact) mass is 397 g/mol. The number of nitro benzene ring substituents is 1. The number of hydrogen-bond acceptors (Lipinski definition) is 5. The molecule has 0 saturated carbocycles. The molecule has 136 valence electrons. The topological polar surface area (TPSA) is 111 Å². The zero-order chi connectivity index (χ0) is 19.3. The van der Waals surface area contributed by atoms with Crippen molar-refractivity contribution in [3.05, 3.63) is 67.7 Å². The van der Waals surface area contributed by atoms with Crippen LogP contribution in [0.4, 0.5) is 5.69 Å². The lowest BCUT2D eigenvalue weighted by atomic mass is 10.2. The number of ether oxygens (including phenoxy) is 1. The third-order valence-corrected chi connectivity index (χ3v) is 3.96. The van der Waals surface area contributed by atoms with Crippen molar-refractivity contribution in [3.8, 4) is 5.75 Å². The molecule has 26 heavy (non-hydrogen) atoms. The predicted octanol–water partition coefficient (Wildman–Crippen LogP) is 3.05. The fourth-order valence-electron chi connectivity index (χ4n) is 1.88. The van der Waals surface area contributed by atoms with E-state index >= 15 is 0 Å². The molecule has 2 N–H and O–H groups in total. The van der Waals surface area contributed by atoms with Gasteiger partial charge in [-0.1, -0.05) is 23.2 Å². The van der Waals surface area contributed by atoms with Gasteiger partial charge in [-0.2, -0.15) is 0 Å². The van der Waals surface area contributed by atoms with E-state index in [0.29, 0.717) is 10.8 Å². The van der Waals surface area contributed by atoms with Gasteiger partial charge in [0, 0.05) is 16.7 Å². The normalized spacial score (nSPS) is 10.1. The minimum absolute atomic E-state index is 0.0318. The molecule has 8 nitrogen and oxygen atoms in total. The van der Waals surface area contributed by atoms with Crippen molar-refractivity contribution in [2.75, 3.05) is 6.61 Å². The van der Waals surface area contributed by atoms with Gasteiger partial charge in [0.25, 0.3) is 17.5 Å². The second-order valence-corrected chi connectivity index (χ2v) is 5.94. The fourth-order valence-corrected chi connectivity index (χ4v) is 2.19. The Morgan fingerprint density at radius 3 is 2.46 bits per heavy atom. The molecule has 0 aliphatic heterocycles. The second kappa shape index (κ2) is 8.50. The van der Waals surface area contributed by atoms with Gasteiger partial charge in [0.15, 0.2) is 6.61 Å². The van der Waals surface area contributed by atoms with Crippen molar-refractivity contribution in [3.63, 3.8) is 0 Å². The molecule has 10 heteroatoms. The first-order valence-corrected chi connectivity index (χ1v) is 7.95. The number of hydrogen-bond donors (Lipinski definition) is 2. The van der Waals surface area contributed by atoms with Gasteiger partial charge in [0.05, 0.1) is 4.92 Å². The van der Waals surface area contributed by atoms with Gasteiger partial charge in [-0.05, 0) is 42.8 Å². The number of nitrogens with one attached hydrogen (secondary N) is 2. The van der Waals surface area contributed by atoms with E-state index in [2.05, 4.69) is 10.9 Å². The number of carbonyl (C=O) groups excluding carboxylic acids is 2. The van der Waals surface area contributed by atoms with Crippen LogP contribution in [0.15, 0.2) is 36.4 Å². The quantitative estimate of drug-likeness (QED) is 0.594. The van der Waals surface area contributed by atoms with Crippen LogP contribution in [0.25, 0.3) is 0 Å². The highest BCUT2D eigenvalue weighted by Crippen LogP contribution is 2.25. The molecule has 0 aliphatic rings. The summed E-state index contributed by atoms with van der Waals surface area (Å²) in [4.78, 5) is 33.8. The van der Waals surface area contributed by atoms with Crippen molar-refractivity contribution in [2.45, 2.75) is 6.92 Å². The number of hydrazine groups is 1. The number of nitrogens with zero attached hydrogens (tertiary/aromatic N) is 1.